The van der Waals surface area contributed by atoms with Gasteiger partial charge in [-0.15, -0.1) is 0 Å². The fourth-order valence-electron chi connectivity index (χ4n) is 5.87. The summed E-state index contributed by atoms with van der Waals surface area (Å²) in [5, 5.41) is 36.4. The minimum Gasteiger partial charge on any atom is -0.393 e. The number of nitrogens with zero attached hydrogens (tertiary/aromatic N) is 4. The molecule has 66 heavy (non-hydrogen) atoms. The lowest BCUT2D eigenvalue weighted by Crippen LogP contribution is -2.46. The van der Waals surface area contributed by atoms with E-state index in [2.05, 4.69) is 38.6 Å². The number of ether oxygens (including phenoxy) is 1. The summed E-state index contributed by atoms with van der Waals surface area (Å²) in [5.74, 6) is -1.60. The van der Waals surface area contributed by atoms with E-state index in [9.17, 15) is 71.4 Å². The minimum absolute atomic E-state index is 0.0110. The predicted octanol–water partition coefficient (Wildman–Crippen LogP) is -0.770. The molecule has 3 heterocycles. The molecule has 0 saturated carbocycles. The van der Waals surface area contributed by atoms with Gasteiger partial charge in [-0.3, -0.25) is 37.1 Å². The zero-order valence-corrected chi connectivity index (χ0v) is 38.9. The van der Waals surface area contributed by atoms with Crippen molar-refractivity contribution in [1.29, 1.82) is 0 Å². The maximum atomic E-state index is 12.7. The number of carbonyl (C=O) groups excluding carboxylic acids is 3. The Morgan fingerprint density at radius 2 is 1.71 bits per heavy atom. The van der Waals surface area contributed by atoms with E-state index in [-0.39, 0.29) is 72.4 Å². The molecule has 8 unspecified atom stereocenters. The highest BCUT2D eigenvalue weighted by atomic mass is 32.3. The number of thioether (sulfide) groups is 1. The Balaban J connectivity index is 1.15. The van der Waals surface area contributed by atoms with Crippen LogP contribution in [0.15, 0.2) is 36.9 Å². The van der Waals surface area contributed by atoms with Crippen LogP contribution in [0.5, 0.6) is 5.75 Å². The largest absolute Gasteiger partial charge is 0.481 e. The van der Waals surface area contributed by atoms with Crippen LogP contribution in [0, 0.1) is 5.41 Å². The number of rotatable bonds is 26. The number of hydrogen-bond acceptors (Lipinski definition) is 22. The van der Waals surface area contributed by atoms with Crippen molar-refractivity contribution in [2.45, 2.75) is 76.3 Å². The van der Waals surface area contributed by atoms with Crippen LogP contribution in [-0.2, 0) is 67.5 Å². The van der Waals surface area contributed by atoms with E-state index >= 15 is 0 Å². The normalized spacial score (nSPS) is 20.8. The number of phosphoric acid groups is 3. The highest BCUT2D eigenvalue weighted by Gasteiger charge is 2.50. The van der Waals surface area contributed by atoms with E-state index in [1.807, 2.05) is 0 Å². The quantitative estimate of drug-likeness (QED) is 0.0267. The number of carbonyl (C=O) groups is 3. The van der Waals surface area contributed by atoms with E-state index in [0.717, 1.165) is 29.0 Å². The summed E-state index contributed by atoms with van der Waals surface area (Å²) in [4.78, 5) is 88.2. The van der Waals surface area contributed by atoms with Crippen molar-refractivity contribution in [3.8, 4) is 5.75 Å². The maximum Gasteiger partial charge on any atom is 0.481 e. The molecule has 1 saturated heterocycles. The van der Waals surface area contributed by atoms with Gasteiger partial charge in [0.2, 0.25) is 11.8 Å². The number of anilines is 1. The Morgan fingerprint density at radius 1 is 1.02 bits per heavy atom. The van der Waals surface area contributed by atoms with Crippen molar-refractivity contribution in [2.75, 3.05) is 37.8 Å². The number of amides is 2. The van der Waals surface area contributed by atoms with Crippen molar-refractivity contribution in [3.63, 3.8) is 0 Å². The van der Waals surface area contributed by atoms with Crippen LogP contribution < -0.4 is 20.6 Å². The van der Waals surface area contributed by atoms with Crippen molar-refractivity contribution < 1.29 is 103 Å². The molecule has 4 rings (SSSR count). The molecular weight excluding hydrogens is 991 g/mol. The molecule has 1 fully saturated rings. The minimum atomic E-state index is -5.61. The first kappa shape index (κ1) is 55.0. The number of benzene rings is 1. The molecule has 370 valence electrons. The molecule has 0 spiro atoms. The van der Waals surface area contributed by atoms with E-state index in [0.29, 0.717) is 5.56 Å². The molecule has 8 atom stereocenters. The summed E-state index contributed by atoms with van der Waals surface area (Å²) >= 11 is 0.902. The highest BCUT2D eigenvalue weighted by Crippen LogP contribution is 2.61. The molecule has 0 radical (unpaired) electrons. The first-order valence-electron chi connectivity index (χ1n) is 19.0. The van der Waals surface area contributed by atoms with Crippen LogP contribution in [0.4, 0.5) is 5.82 Å². The predicted molar refractivity (Wildman–Crippen MR) is 225 cm³/mol. The van der Waals surface area contributed by atoms with E-state index in [4.69, 9.17) is 24.1 Å². The number of aliphatic hydroxyl groups excluding tert-OH is 3. The van der Waals surface area contributed by atoms with Crippen LogP contribution in [0.25, 0.3) is 11.2 Å². The van der Waals surface area contributed by atoms with Crippen molar-refractivity contribution in [1.82, 2.24) is 30.2 Å². The van der Waals surface area contributed by atoms with E-state index in [1.54, 1.807) is 6.07 Å². The third-order valence-corrected chi connectivity index (χ3v) is 13.5. The summed E-state index contributed by atoms with van der Waals surface area (Å²) in [6, 6.07) is 5.66. The summed E-state index contributed by atoms with van der Waals surface area (Å²) in [5.41, 5.74) is 4.67. The number of fused-ring (bicyclic) bond motifs is 1. The van der Waals surface area contributed by atoms with Gasteiger partial charge in [0.05, 0.1) is 25.6 Å². The zero-order valence-electron chi connectivity index (χ0n) is 34.6. The Kier molecular flexibility index (Phi) is 19.3. The van der Waals surface area contributed by atoms with Crippen LogP contribution >= 0.6 is 35.2 Å². The molecule has 1 aliphatic rings. The van der Waals surface area contributed by atoms with Gasteiger partial charge in [-0.25, -0.2) is 28.6 Å². The Hall–Kier alpha value is -3.55. The summed E-state index contributed by atoms with van der Waals surface area (Å²) in [7, 11) is -21.2. The van der Waals surface area contributed by atoms with Crippen LogP contribution in [0.3, 0.4) is 0 Å². The fourth-order valence-corrected chi connectivity index (χ4v) is 9.74. The topological polar surface area (TPSA) is 447 Å². The van der Waals surface area contributed by atoms with Gasteiger partial charge in [-0.2, -0.15) is 12.7 Å². The van der Waals surface area contributed by atoms with Crippen molar-refractivity contribution in [2.24, 2.45) is 5.41 Å². The number of nitrogens with one attached hydrogen (secondary N) is 2. The standard InChI is InChI=1S/C32H48N7O22P3S2/c1-32(2,27(44)30(45)35-9-8-22(41)34-10-11-65-23(42)7-6-19(40)12-18-4-3-5-20(13-18)60-66(53,54)55)15-57-64(51,52)61-63(49,50)56-14-21-26(59-62(46,47)48)25(43)31(58-21)39-17-38-24-28(33)36-16-37-29(24)39/h3-5,13,16-17,19,21,25-27,31,40,43-44H,6-12,14-15H2,1-2H3,(H,34,41)(H,35,45)(H,49,50)(H,51,52)(H2,33,36,37)(H2,46,47,48)(H,53,54,55). The fraction of sp³-hybridized carbons (Fsp3) is 0.562. The van der Waals surface area contributed by atoms with Crippen molar-refractivity contribution >= 4 is 79.5 Å². The van der Waals surface area contributed by atoms with Gasteiger partial charge in [0.25, 0.3) is 0 Å². The van der Waals surface area contributed by atoms with Gasteiger partial charge < -0.3 is 60.2 Å². The molecule has 1 aliphatic heterocycles. The molecular formula is C32H48N7O22P3S2. The summed E-state index contributed by atoms with van der Waals surface area (Å²) in [6.45, 7) is 0.129. The molecule has 2 amide bonds. The van der Waals surface area contributed by atoms with Crippen LogP contribution in [-0.4, -0.2) is 147 Å². The second-order valence-corrected chi connectivity index (χ2v) is 21.3. The number of imidazole rings is 1. The molecule has 0 bridgehead atoms. The molecule has 34 heteroatoms. The third-order valence-electron chi connectivity index (χ3n) is 9.02. The molecule has 12 N–H and O–H groups in total. The smallest absolute Gasteiger partial charge is 0.393 e. The first-order valence-corrected chi connectivity index (χ1v) is 25.9. The average molecular weight is 1040 g/mol. The first-order chi connectivity index (χ1) is 30.5. The maximum absolute atomic E-state index is 12.7. The molecule has 1 aromatic carbocycles. The lowest BCUT2D eigenvalue weighted by Gasteiger charge is -2.30. The van der Waals surface area contributed by atoms with Crippen molar-refractivity contribution in [3.05, 3.63) is 42.5 Å². The Morgan fingerprint density at radius 3 is 2.39 bits per heavy atom. The Bertz CT molecular complexity index is 2440. The van der Waals surface area contributed by atoms with Crippen LogP contribution in [0.1, 0.15) is 44.9 Å². The van der Waals surface area contributed by atoms with Crippen LogP contribution in [0.2, 0.25) is 0 Å². The van der Waals surface area contributed by atoms with E-state index < -0.39 is 101 Å². The average Bonchev–Trinajstić information content (AvgIpc) is 3.76. The number of aromatic nitrogens is 4. The lowest BCUT2D eigenvalue weighted by atomic mass is 9.87. The second-order valence-electron chi connectivity index (χ2n) is 14.8. The lowest BCUT2D eigenvalue weighted by molar-refractivity contribution is -0.137. The number of aliphatic hydroxyl groups is 3. The zero-order chi connectivity index (χ0) is 49.3. The second kappa shape index (κ2) is 23.2. The van der Waals surface area contributed by atoms with E-state index in [1.165, 1.54) is 32.0 Å². The number of hydrogen-bond donors (Lipinski definition) is 11. The van der Waals surface area contributed by atoms with Gasteiger partial charge in [-0.05, 0) is 30.5 Å². The summed E-state index contributed by atoms with van der Waals surface area (Å²) < 4.78 is 97.2. The number of phosphoric ester groups is 3. The number of nitrogen functional groups attached to an aromatic ring is 1. The van der Waals surface area contributed by atoms with Gasteiger partial charge >= 0.3 is 33.9 Å². The Labute approximate surface area is 379 Å². The third kappa shape index (κ3) is 17.5. The van der Waals surface area contributed by atoms with Gasteiger partial charge in [-0.1, -0.05) is 37.7 Å². The molecule has 0 aliphatic carbocycles. The molecule has 2 aromatic heterocycles. The molecule has 3 aromatic rings. The van der Waals surface area contributed by atoms with Gasteiger partial charge in [0.15, 0.2) is 22.8 Å². The molecule has 29 nitrogen and oxygen atoms in total. The SMILES string of the molecule is CC(C)(COP(=O)(O)OP(=O)(O)OCC1OC(n2cnc3c(N)ncnc32)C(O)C1OP(=O)(O)O)C(O)C(=O)NCCC(=O)NCCSC(=O)CCC(O)Cc1cccc(OS(=O)(=O)O)c1. The van der Waals surface area contributed by atoms with Gasteiger partial charge in [0, 0.05) is 37.1 Å². The number of nitrogens with two attached hydrogens (primary N) is 1. The summed E-state index contributed by atoms with van der Waals surface area (Å²) in [6.07, 6.45) is -8.01. The van der Waals surface area contributed by atoms with Gasteiger partial charge in [0.1, 0.15) is 42.0 Å². The highest BCUT2D eigenvalue weighted by molar-refractivity contribution is 8.13. The monoisotopic (exact) mass is 1040 g/mol.